The van der Waals surface area contributed by atoms with Gasteiger partial charge in [-0.2, -0.15) is 5.10 Å². The molecule has 0 saturated carbocycles. The number of halogens is 1. The molecule has 1 aliphatic rings. The first kappa shape index (κ1) is 19.2. The SMILES string of the molecule is O=C(COc1ccc(N2CCCC2=O)cc1)Nc1ccccc1-n1cc(Br)cn1. The Labute approximate surface area is 176 Å². The highest BCUT2D eigenvalue weighted by atomic mass is 79.9. The van der Waals surface area contributed by atoms with Crippen molar-refractivity contribution in [2.24, 2.45) is 0 Å². The van der Waals surface area contributed by atoms with Crippen molar-refractivity contribution in [1.29, 1.82) is 0 Å². The highest BCUT2D eigenvalue weighted by Gasteiger charge is 2.21. The number of ether oxygens (including phenoxy) is 1. The third kappa shape index (κ3) is 4.48. The fraction of sp³-hybridized carbons (Fsp3) is 0.190. The smallest absolute Gasteiger partial charge is 0.262 e. The first-order valence-corrected chi connectivity index (χ1v) is 10.0. The first-order valence-electron chi connectivity index (χ1n) is 9.23. The van der Waals surface area contributed by atoms with Crippen LogP contribution in [0.15, 0.2) is 65.4 Å². The van der Waals surface area contributed by atoms with E-state index < -0.39 is 0 Å². The van der Waals surface area contributed by atoms with Crippen molar-refractivity contribution in [1.82, 2.24) is 9.78 Å². The lowest BCUT2D eigenvalue weighted by Gasteiger charge is -2.16. The van der Waals surface area contributed by atoms with Crippen LogP contribution in [0.2, 0.25) is 0 Å². The predicted molar refractivity (Wildman–Crippen MR) is 113 cm³/mol. The average molecular weight is 455 g/mol. The van der Waals surface area contributed by atoms with Gasteiger partial charge in [-0.1, -0.05) is 12.1 Å². The number of nitrogens with one attached hydrogen (secondary N) is 1. The zero-order valence-corrected chi connectivity index (χ0v) is 17.1. The molecule has 2 amide bonds. The van der Waals surface area contributed by atoms with Crippen LogP contribution < -0.4 is 15.0 Å². The Morgan fingerprint density at radius 2 is 1.97 bits per heavy atom. The van der Waals surface area contributed by atoms with E-state index in [1.54, 1.807) is 27.9 Å². The maximum Gasteiger partial charge on any atom is 0.262 e. The standard InChI is InChI=1S/C21H19BrN4O3/c22-15-12-23-26(13-15)19-5-2-1-4-18(19)24-20(27)14-29-17-9-7-16(8-10-17)25-11-3-6-21(25)28/h1-2,4-5,7-10,12-13H,3,6,11,14H2,(H,24,27). The molecule has 0 atom stereocenters. The second-order valence-electron chi connectivity index (χ2n) is 6.60. The lowest BCUT2D eigenvalue weighted by Crippen LogP contribution is -2.23. The summed E-state index contributed by atoms with van der Waals surface area (Å²) >= 11 is 3.37. The molecule has 1 aliphatic heterocycles. The fourth-order valence-corrected chi connectivity index (χ4v) is 3.48. The lowest BCUT2D eigenvalue weighted by molar-refractivity contribution is -0.118. The molecule has 29 heavy (non-hydrogen) atoms. The van der Waals surface area contributed by atoms with Gasteiger partial charge in [-0.15, -0.1) is 0 Å². The Morgan fingerprint density at radius 1 is 1.17 bits per heavy atom. The summed E-state index contributed by atoms with van der Waals surface area (Å²) in [4.78, 5) is 25.9. The number of carbonyl (C=O) groups excluding carboxylic acids is 2. The van der Waals surface area contributed by atoms with Crippen LogP contribution in [0.3, 0.4) is 0 Å². The molecule has 1 aromatic heterocycles. The van der Waals surface area contributed by atoms with Crippen LogP contribution in [0.4, 0.5) is 11.4 Å². The number of para-hydroxylation sites is 2. The van der Waals surface area contributed by atoms with Gasteiger partial charge in [-0.05, 0) is 58.7 Å². The quantitative estimate of drug-likeness (QED) is 0.614. The average Bonchev–Trinajstić information content (AvgIpc) is 3.35. The molecule has 0 unspecified atom stereocenters. The summed E-state index contributed by atoms with van der Waals surface area (Å²) in [5.41, 5.74) is 2.24. The van der Waals surface area contributed by atoms with Crippen LogP contribution in [-0.2, 0) is 9.59 Å². The van der Waals surface area contributed by atoms with Crippen molar-refractivity contribution in [2.75, 3.05) is 23.4 Å². The lowest BCUT2D eigenvalue weighted by atomic mass is 10.2. The molecule has 7 nitrogen and oxygen atoms in total. The summed E-state index contributed by atoms with van der Waals surface area (Å²) in [5, 5.41) is 7.11. The van der Waals surface area contributed by atoms with E-state index >= 15 is 0 Å². The van der Waals surface area contributed by atoms with E-state index in [1.165, 1.54) is 0 Å². The summed E-state index contributed by atoms with van der Waals surface area (Å²) in [6.07, 6.45) is 4.97. The number of hydrogen-bond donors (Lipinski definition) is 1. The van der Waals surface area contributed by atoms with Crippen molar-refractivity contribution >= 4 is 39.1 Å². The van der Waals surface area contributed by atoms with Gasteiger partial charge in [0.15, 0.2) is 6.61 Å². The topological polar surface area (TPSA) is 76.5 Å². The van der Waals surface area contributed by atoms with E-state index in [0.29, 0.717) is 17.9 Å². The summed E-state index contributed by atoms with van der Waals surface area (Å²) in [5.74, 6) is 0.434. The van der Waals surface area contributed by atoms with Crippen LogP contribution in [0, 0.1) is 0 Å². The molecule has 1 saturated heterocycles. The van der Waals surface area contributed by atoms with Crippen molar-refractivity contribution in [3.05, 3.63) is 65.4 Å². The molecule has 1 fully saturated rings. The molecule has 8 heteroatoms. The van der Waals surface area contributed by atoms with Gasteiger partial charge in [0.25, 0.3) is 5.91 Å². The highest BCUT2D eigenvalue weighted by molar-refractivity contribution is 9.10. The molecule has 2 heterocycles. The van der Waals surface area contributed by atoms with Gasteiger partial charge in [0.1, 0.15) is 5.75 Å². The van der Waals surface area contributed by atoms with Crippen molar-refractivity contribution in [2.45, 2.75) is 12.8 Å². The van der Waals surface area contributed by atoms with Crippen LogP contribution in [0.1, 0.15) is 12.8 Å². The second kappa shape index (κ2) is 8.48. The maximum atomic E-state index is 12.4. The normalized spacial score (nSPS) is 13.6. The van der Waals surface area contributed by atoms with Crippen LogP contribution in [0.5, 0.6) is 5.75 Å². The third-order valence-electron chi connectivity index (χ3n) is 4.57. The second-order valence-corrected chi connectivity index (χ2v) is 7.52. The predicted octanol–water partition coefficient (Wildman–Crippen LogP) is 3.78. The number of hydrogen-bond acceptors (Lipinski definition) is 4. The molecule has 0 radical (unpaired) electrons. The maximum absolute atomic E-state index is 12.4. The van der Waals surface area contributed by atoms with E-state index in [4.69, 9.17) is 4.74 Å². The van der Waals surface area contributed by atoms with Gasteiger partial charge in [0.2, 0.25) is 5.91 Å². The molecular formula is C21H19BrN4O3. The summed E-state index contributed by atoms with van der Waals surface area (Å²) < 4.78 is 8.12. The van der Waals surface area contributed by atoms with Gasteiger partial charge < -0.3 is 15.0 Å². The number of rotatable bonds is 6. The minimum absolute atomic E-state index is 0.126. The molecule has 0 aliphatic carbocycles. The van der Waals surface area contributed by atoms with Gasteiger partial charge in [-0.3, -0.25) is 9.59 Å². The van der Waals surface area contributed by atoms with E-state index in [0.717, 1.165) is 28.8 Å². The van der Waals surface area contributed by atoms with Gasteiger partial charge in [0, 0.05) is 24.8 Å². The van der Waals surface area contributed by atoms with E-state index in [2.05, 4.69) is 26.3 Å². The fourth-order valence-electron chi connectivity index (χ4n) is 3.19. The molecule has 2 aromatic carbocycles. The molecular weight excluding hydrogens is 436 g/mol. The van der Waals surface area contributed by atoms with Gasteiger partial charge >= 0.3 is 0 Å². The largest absolute Gasteiger partial charge is 0.484 e. The minimum Gasteiger partial charge on any atom is -0.484 e. The molecule has 0 bridgehead atoms. The number of carbonyl (C=O) groups is 2. The van der Waals surface area contributed by atoms with E-state index in [-0.39, 0.29) is 18.4 Å². The number of anilines is 2. The van der Waals surface area contributed by atoms with Crippen LogP contribution in [-0.4, -0.2) is 34.7 Å². The Balaban J connectivity index is 1.37. The van der Waals surface area contributed by atoms with Crippen molar-refractivity contribution in [3.8, 4) is 11.4 Å². The Morgan fingerprint density at radius 3 is 2.66 bits per heavy atom. The summed E-state index contributed by atoms with van der Waals surface area (Å²) in [7, 11) is 0. The van der Waals surface area contributed by atoms with Crippen LogP contribution in [0.25, 0.3) is 5.69 Å². The molecule has 148 valence electrons. The Kier molecular flexibility index (Phi) is 5.62. The van der Waals surface area contributed by atoms with E-state index in [9.17, 15) is 9.59 Å². The first-order chi connectivity index (χ1) is 14.1. The van der Waals surface area contributed by atoms with E-state index in [1.807, 2.05) is 42.6 Å². The zero-order valence-electron chi connectivity index (χ0n) is 15.5. The minimum atomic E-state index is -0.275. The Hall–Kier alpha value is -3.13. The highest BCUT2D eigenvalue weighted by Crippen LogP contribution is 2.24. The molecule has 4 rings (SSSR count). The number of benzene rings is 2. The zero-order chi connectivity index (χ0) is 20.2. The van der Waals surface area contributed by atoms with Crippen molar-refractivity contribution in [3.63, 3.8) is 0 Å². The molecule has 1 N–H and O–H groups in total. The third-order valence-corrected chi connectivity index (χ3v) is 4.98. The van der Waals surface area contributed by atoms with Crippen LogP contribution >= 0.6 is 15.9 Å². The van der Waals surface area contributed by atoms with Gasteiger partial charge in [-0.25, -0.2) is 4.68 Å². The summed E-state index contributed by atoms with van der Waals surface area (Å²) in [6, 6.07) is 14.6. The number of nitrogens with zero attached hydrogens (tertiary/aromatic N) is 3. The monoisotopic (exact) mass is 454 g/mol. The number of amides is 2. The number of aromatic nitrogens is 2. The molecule has 3 aromatic rings. The Bertz CT molecular complexity index is 1030. The van der Waals surface area contributed by atoms with Gasteiger partial charge in [0.05, 0.1) is 22.0 Å². The summed E-state index contributed by atoms with van der Waals surface area (Å²) in [6.45, 7) is 0.618. The van der Waals surface area contributed by atoms with Crippen molar-refractivity contribution < 1.29 is 14.3 Å². The molecule has 0 spiro atoms.